The SMILES string of the molecule is C/C=C(\C)[C@H](O)[C@@H](C)CC(=O)[C@H](C)[C@@H](OC)[C@@H]1CCCN1C(=O)C[C@@H](OC)[C@H]([C@@H](C)CC)N(C)C(=O)[C@@H](CC(=O)[C@H](C(C)C)N(C)C(C)C)C(C)C. The summed E-state index contributed by atoms with van der Waals surface area (Å²) in [7, 11) is 6.95. The average Bonchev–Trinajstić information content (AvgIpc) is 3.58. The molecule has 1 rings (SSSR count). The summed E-state index contributed by atoms with van der Waals surface area (Å²) in [5.41, 5.74) is 0.835. The molecule has 1 saturated heterocycles. The highest BCUT2D eigenvalue weighted by molar-refractivity contribution is 5.90. The van der Waals surface area contributed by atoms with Gasteiger partial charge in [0.15, 0.2) is 5.78 Å². The third-order valence-corrected chi connectivity index (χ3v) is 12.1. The molecule has 0 aliphatic carbocycles. The van der Waals surface area contributed by atoms with E-state index in [1.54, 1.807) is 26.2 Å². The van der Waals surface area contributed by atoms with Crippen LogP contribution >= 0.6 is 0 Å². The number of rotatable bonds is 23. The Kier molecular flexibility index (Phi) is 20.5. The Hall–Kier alpha value is -2.14. The first-order valence-electron chi connectivity index (χ1n) is 19.9. The van der Waals surface area contributed by atoms with E-state index in [4.69, 9.17) is 9.47 Å². The van der Waals surface area contributed by atoms with E-state index in [1.807, 2.05) is 59.6 Å². The van der Waals surface area contributed by atoms with Crippen LogP contribution in [0.3, 0.4) is 0 Å². The van der Waals surface area contributed by atoms with Gasteiger partial charge in [-0.25, -0.2) is 0 Å². The molecule has 1 aliphatic heterocycles. The zero-order valence-electron chi connectivity index (χ0n) is 35.8. The molecule has 0 bridgehead atoms. The summed E-state index contributed by atoms with van der Waals surface area (Å²) < 4.78 is 12.0. The lowest BCUT2D eigenvalue weighted by molar-refractivity contribution is -0.149. The second-order valence-corrected chi connectivity index (χ2v) is 16.7. The minimum absolute atomic E-state index is 0.00194. The molecule has 1 heterocycles. The number of ketones is 2. The predicted octanol–water partition coefficient (Wildman–Crippen LogP) is 6.43. The fourth-order valence-corrected chi connectivity index (χ4v) is 8.17. The maximum atomic E-state index is 14.4. The first-order valence-corrected chi connectivity index (χ1v) is 19.9. The first kappa shape index (κ1) is 47.9. The number of allylic oxidation sites excluding steroid dienone is 1. The van der Waals surface area contributed by atoms with Crippen LogP contribution in [0.5, 0.6) is 0 Å². The number of likely N-dealkylation sites (N-methyl/N-ethyl adjacent to an activating group) is 2. The zero-order chi connectivity index (χ0) is 40.2. The van der Waals surface area contributed by atoms with Crippen LogP contribution in [-0.2, 0) is 28.7 Å². The van der Waals surface area contributed by atoms with Gasteiger partial charge in [-0.15, -0.1) is 0 Å². The molecule has 0 spiro atoms. The molecular weight excluding hydrogens is 658 g/mol. The lowest BCUT2D eigenvalue weighted by Gasteiger charge is -2.41. The van der Waals surface area contributed by atoms with Gasteiger partial charge in [-0.3, -0.25) is 24.1 Å². The van der Waals surface area contributed by atoms with Gasteiger partial charge in [0.1, 0.15) is 5.78 Å². The lowest BCUT2D eigenvalue weighted by Crippen LogP contribution is -2.54. The van der Waals surface area contributed by atoms with Crippen molar-refractivity contribution in [1.29, 1.82) is 0 Å². The molecule has 0 aromatic carbocycles. The fraction of sp³-hybridized carbons (Fsp3) is 0.857. The summed E-state index contributed by atoms with van der Waals surface area (Å²) in [6.07, 6.45) is 2.83. The summed E-state index contributed by atoms with van der Waals surface area (Å²) in [4.78, 5) is 61.5. The molecule has 1 N–H and O–H groups in total. The van der Waals surface area contributed by atoms with E-state index in [1.165, 1.54) is 0 Å². The van der Waals surface area contributed by atoms with E-state index in [9.17, 15) is 24.3 Å². The molecule has 0 saturated carbocycles. The number of carbonyl (C=O) groups is 4. The van der Waals surface area contributed by atoms with Gasteiger partial charge in [0.2, 0.25) is 11.8 Å². The van der Waals surface area contributed by atoms with Gasteiger partial charge in [-0.05, 0) is 76.8 Å². The Morgan fingerprint density at radius 2 is 1.46 bits per heavy atom. The minimum Gasteiger partial charge on any atom is -0.388 e. The molecule has 52 heavy (non-hydrogen) atoms. The summed E-state index contributed by atoms with van der Waals surface area (Å²) in [5, 5.41) is 10.6. The van der Waals surface area contributed by atoms with Crippen molar-refractivity contribution in [3.05, 3.63) is 11.6 Å². The predicted molar refractivity (Wildman–Crippen MR) is 210 cm³/mol. The molecule has 302 valence electrons. The number of aliphatic hydroxyl groups excluding tert-OH is 1. The van der Waals surface area contributed by atoms with Gasteiger partial charge in [0, 0.05) is 58.5 Å². The van der Waals surface area contributed by atoms with E-state index in [2.05, 4.69) is 46.4 Å². The Morgan fingerprint density at radius 3 is 1.92 bits per heavy atom. The summed E-state index contributed by atoms with van der Waals surface area (Å²) >= 11 is 0. The Bertz CT molecular complexity index is 1170. The molecule has 0 aromatic rings. The maximum Gasteiger partial charge on any atom is 0.226 e. The summed E-state index contributed by atoms with van der Waals surface area (Å²) in [6, 6.07) is -0.762. The van der Waals surface area contributed by atoms with E-state index >= 15 is 0 Å². The second kappa shape index (κ2) is 22.3. The Balaban J connectivity index is 3.29. The van der Waals surface area contributed by atoms with Gasteiger partial charge >= 0.3 is 0 Å². The van der Waals surface area contributed by atoms with E-state index in [0.29, 0.717) is 6.54 Å². The number of amides is 2. The van der Waals surface area contributed by atoms with Crippen molar-refractivity contribution >= 4 is 23.4 Å². The van der Waals surface area contributed by atoms with Gasteiger partial charge in [-0.2, -0.15) is 0 Å². The standard InChI is InChI=1S/C42H77N3O7/c1-17-28(9)39(44(14)42(50)32(25(3)4)23-35(47)38(26(5)6)43(13)27(7)8)36(51-15)24-37(48)45-21-19-20-33(45)41(52-16)31(12)34(46)22-30(11)40(49)29(10)18-2/h18,25-28,30-33,36,38-41,49H,17,19-24H2,1-16H3/b29-18+/t28-,30-,31-,32-,33-,36+,38-,39-,40-,41+/m0/s1. The van der Waals surface area contributed by atoms with Crippen LogP contribution in [0.4, 0.5) is 0 Å². The highest BCUT2D eigenvalue weighted by Gasteiger charge is 2.43. The number of ether oxygens (including phenoxy) is 2. The van der Waals surface area contributed by atoms with E-state index in [-0.39, 0.29) is 84.4 Å². The summed E-state index contributed by atoms with van der Waals surface area (Å²) in [5.74, 6) is -1.27. The quantitative estimate of drug-likeness (QED) is 0.120. The third kappa shape index (κ3) is 12.5. The molecule has 10 heteroatoms. The largest absolute Gasteiger partial charge is 0.388 e. The van der Waals surface area contributed by atoms with Crippen LogP contribution in [0.2, 0.25) is 0 Å². The number of aliphatic hydroxyl groups is 1. The minimum atomic E-state index is -0.694. The third-order valence-electron chi connectivity index (χ3n) is 12.1. The number of carbonyl (C=O) groups excluding carboxylic acids is 4. The number of Topliss-reactive ketones (excluding diaryl/α,β-unsaturated/α-hetero) is 2. The number of hydrogen-bond donors (Lipinski definition) is 1. The number of hydrogen-bond acceptors (Lipinski definition) is 8. The van der Waals surface area contributed by atoms with E-state index in [0.717, 1.165) is 24.8 Å². The van der Waals surface area contributed by atoms with Crippen LogP contribution in [0.25, 0.3) is 0 Å². The van der Waals surface area contributed by atoms with Gasteiger partial charge in [-0.1, -0.05) is 67.9 Å². The molecule has 1 fully saturated rings. The monoisotopic (exact) mass is 736 g/mol. The Morgan fingerprint density at radius 1 is 0.865 bits per heavy atom. The molecule has 0 radical (unpaired) electrons. The van der Waals surface area contributed by atoms with Crippen LogP contribution in [-0.4, -0.2) is 121 Å². The molecule has 10 nitrogen and oxygen atoms in total. The molecule has 1 aliphatic rings. The molecule has 0 aromatic heterocycles. The van der Waals surface area contributed by atoms with Gasteiger partial charge in [0.25, 0.3) is 0 Å². The Labute approximate surface area is 317 Å². The molecular formula is C42H77N3O7. The highest BCUT2D eigenvalue weighted by Crippen LogP contribution is 2.32. The van der Waals surface area contributed by atoms with Crippen molar-refractivity contribution in [3.63, 3.8) is 0 Å². The number of likely N-dealkylation sites (tertiary alicyclic amines) is 1. The van der Waals surface area contributed by atoms with Crippen molar-refractivity contribution in [2.24, 2.45) is 35.5 Å². The zero-order valence-corrected chi connectivity index (χ0v) is 35.8. The van der Waals surface area contributed by atoms with Crippen LogP contribution < -0.4 is 0 Å². The molecule has 2 amide bonds. The molecule has 0 unspecified atom stereocenters. The maximum absolute atomic E-state index is 14.4. The molecule has 10 atom stereocenters. The fourth-order valence-electron chi connectivity index (χ4n) is 8.17. The van der Waals surface area contributed by atoms with Gasteiger partial charge in [0.05, 0.1) is 42.9 Å². The lowest BCUT2D eigenvalue weighted by atomic mass is 9.83. The van der Waals surface area contributed by atoms with E-state index < -0.39 is 36.2 Å². The van der Waals surface area contributed by atoms with Crippen molar-refractivity contribution < 1.29 is 33.8 Å². The first-order chi connectivity index (χ1) is 24.2. The normalized spacial score (nSPS) is 20.8. The van der Waals surface area contributed by atoms with Crippen molar-refractivity contribution in [2.75, 3.05) is 34.9 Å². The van der Waals surface area contributed by atoms with Crippen LogP contribution in [0.1, 0.15) is 122 Å². The topological polar surface area (TPSA) is 117 Å². The number of nitrogens with zero attached hydrogens (tertiary/aromatic N) is 3. The smallest absolute Gasteiger partial charge is 0.226 e. The highest BCUT2D eigenvalue weighted by atomic mass is 16.5. The van der Waals surface area contributed by atoms with Crippen molar-refractivity contribution in [1.82, 2.24) is 14.7 Å². The van der Waals surface area contributed by atoms with Crippen molar-refractivity contribution in [3.8, 4) is 0 Å². The van der Waals surface area contributed by atoms with Crippen LogP contribution in [0.15, 0.2) is 11.6 Å². The average molecular weight is 736 g/mol. The van der Waals surface area contributed by atoms with Crippen LogP contribution in [0, 0.1) is 35.5 Å². The van der Waals surface area contributed by atoms with Crippen molar-refractivity contribution in [2.45, 2.75) is 164 Å². The second-order valence-electron chi connectivity index (χ2n) is 16.7. The van der Waals surface area contributed by atoms with Gasteiger partial charge < -0.3 is 24.4 Å². The number of methoxy groups -OCH3 is 2. The summed E-state index contributed by atoms with van der Waals surface area (Å²) in [6.45, 7) is 24.4.